The summed E-state index contributed by atoms with van der Waals surface area (Å²) in [5, 5.41) is 0. The third kappa shape index (κ3) is 7.68. The Bertz CT molecular complexity index is 622. The molecular formula is C16H15BrO7. The fraction of sp³-hybridized carbons (Fsp3) is 0.250. The summed E-state index contributed by atoms with van der Waals surface area (Å²) in [6.45, 7) is -0.302. The van der Waals surface area contributed by atoms with E-state index in [0.717, 1.165) is 23.7 Å². The van der Waals surface area contributed by atoms with Crippen LogP contribution in [0.25, 0.3) is 0 Å². The fourth-order valence-corrected chi connectivity index (χ4v) is 1.74. The summed E-state index contributed by atoms with van der Waals surface area (Å²) in [5.74, 6) is -2.67. The van der Waals surface area contributed by atoms with E-state index in [1.807, 2.05) is 0 Å². The van der Waals surface area contributed by atoms with Gasteiger partial charge in [0.05, 0.1) is 19.4 Å². The predicted octanol–water partition coefficient (Wildman–Crippen LogP) is 1.83. The second kappa shape index (κ2) is 10.3. The van der Waals surface area contributed by atoms with Gasteiger partial charge >= 0.3 is 17.9 Å². The van der Waals surface area contributed by atoms with E-state index in [9.17, 15) is 19.2 Å². The number of benzene rings is 1. The second-order valence-corrected chi connectivity index (χ2v) is 5.43. The highest BCUT2D eigenvalue weighted by Gasteiger charge is 2.17. The lowest BCUT2D eigenvalue weighted by atomic mass is 10.1. The predicted molar refractivity (Wildman–Crippen MR) is 86.1 cm³/mol. The van der Waals surface area contributed by atoms with Gasteiger partial charge in [-0.25, -0.2) is 9.59 Å². The minimum atomic E-state index is -0.844. The zero-order valence-electron chi connectivity index (χ0n) is 12.8. The van der Waals surface area contributed by atoms with Gasteiger partial charge in [0, 0.05) is 16.6 Å². The van der Waals surface area contributed by atoms with Crippen molar-refractivity contribution in [2.45, 2.75) is 6.42 Å². The molecule has 0 saturated heterocycles. The number of hydrogen-bond donors (Lipinski definition) is 0. The Balaban J connectivity index is 2.43. The number of esters is 3. The number of halogens is 1. The molecule has 1 aromatic rings. The smallest absolute Gasteiger partial charge is 0.331 e. The Hall–Kier alpha value is -2.48. The number of ether oxygens (including phenoxy) is 3. The molecule has 0 aliphatic carbocycles. The van der Waals surface area contributed by atoms with Gasteiger partial charge in [-0.15, -0.1) is 0 Å². The molecule has 0 aliphatic rings. The molecule has 0 heterocycles. The molecule has 1 atom stereocenters. The maximum absolute atomic E-state index is 11.8. The Morgan fingerprint density at radius 3 is 2.33 bits per heavy atom. The number of rotatable bonds is 8. The molecule has 24 heavy (non-hydrogen) atoms. The maximum atomic E-state index is 11.8. The minimum absolute atomic E-state index is 0.243. The standard InChI is InChI=1S/C16H15BrO7/c1-22-14(19)6-7-15(20)23-10-11(9-18)8-16(21)24-13-4-2-12(17)3-5-13/h2-7,9,11H,8,10H2,1H3/b7-6-. The highest BCUT2D eigenvalue weighted by atomic mass is 79.9. The quantitative estimate of drug-likeness (QED) is 0.285. The zero-order chi connectivity index (χ0) is 17.9. The number of aldehydes is 1. The molecule has 0 aromatic heterocycles. The Labute approximate surface area is 146 Å². The summed E-state index contributed by atoms with van der Waals surface area (Å²) in [5.41, 5.74) is 0. The zero-order valence-corrected chi connectivity index (χ0v) is 14.4. The van der Waals surface area contributed by atoms with Crippen LogP contribution < -0.4 is 4.74 Å². The van der Waals surface area contributed by atoms with Gasteiger partial charge in [0.2, 0.25) is 0 Å². The van der Waals surface area contributed by atoms with Crippen molar-refractivity contribution in [1.29, 1.82) is 0 Å². The van der Waals surface area contributed by atoms with Crippen LogP contribution in [0.3, 0.4) is 0 Å². The summed E-state index contributed by atoms with van der Waals surface area (Å²) in [4.78, 5) is 44.9. The van der Waals surface area contributed by atoms with Crippen molar-refractivity contribution in [1.82, 2.24) is 0 Å². The number of methoxy groups -OCH3 is 1. The lowest BCUT2D eigenvalue weighted by Gasteiger charge is -2.10. The van der Waals surface area contributed by atoms with E-state index in [0.29, 0.717) is 12.0 Å². The molecule has 0 fully saturated rings. The van der Waals surface area contributed by atoms with Crippen LogP contribution in [0.2, 0.25) is 0 Å². The van der Waals surface area contributed by atoms with Gasteiger partial charge < -0.3 is 19.0 Å². The van der Waals surface area contributed by atoms with Gasteiger partial charge in [-0.1, -0.05) is 15.9 Å². The summed E-state index contributed by atoms with van der Waals surface area (Å²) < 4.78 is 15.0. The molecule has 0 saturated carbocycles. The van der Waals surface area contributed by atoms with E-state index in [-0.39, 0.29) is 13.0 Å². The topological polar surface area (TPSA) is 96.0 Å². The lowest BCUT2D eigenvalue weighted by Crippen LogP contribution is -2.20. The van der Waals surface area contributed by atoms with Gasteiger partial charge in [-0.2, -0.15) is 0 Å². The molecule has 0 aliphatic heterocycles. The number of carbonyl (C=O) groups is 4. The van der Waals surface area contributed by atoms with E-state index >= 15 is 0 Å². The van der Waals surface area contributed by atoms with Crippen molar-refractivity contribution in [3.05, 3.63) is 40.9 Å². The van der Waals surface area contributed by atoms with Crippen LogP contribution in [0.5, 0.6) is 5.75 Å². The molecular weight excluding hydrogens is 384 g/mol. The van der Waals surface area contributed by atoms with E-state index in [4.69, 9.17) is 9.47 Å². The van der Waals surface area contributed by atoms with Gasteiger partial charge in [-0.3, -0.25) is 4.79 Å². The van der Waals surface area contributed by atoms with E-state index in [2.05, 4.69) is 20.7 Å². The molecule has 1 aromatic carbocycles. The average Bonchev–Trinajstić information content (AvgIpc) is 2.58. The first-order valence-electron chi connectivity index (χ1n) is 6.79. The van der Waals surface area contributed by atoms with Crippen LogP contribution in [0.15, 0.2) is 40.9 Å². The number of carbonyl (C=O) groups excluding carboxylic acids is 4. The first kappa shape index (κ1) is 19.6. The summed E-state index contributed by atoms with van der Waals surface area (Å²) in [7, 11) is 1.16. The van der Waals surface area contributed by atoms with Gasteiger partial charge in [0.15, 0.2) is 0 Å². The van der Waals surface area contributed by atoms with E-state index in [1.165, 1.54) is 0 Å². The van der Waals surface area contributed by atoms with Crippen LogP contribution in [0.4, 0.5) is 0 Å². The van der Waals surface area contributed by atoms with Gasteiger partial charge in [0.1, 0.15) is 18.6 Å². The molecule has 1 rings (SSSR count). The average molecular weight is 399 g/mol. The normalized spacial score (nSPS) is 11.6. The van der Waals surface area contributed by atoms with Crippen LogP contribution in [-0.2, 0) is 28.7 Å². The van der Waals surface area contributed by atoms with Gasteiger partial charge in [0.25, 0.3) is 0 Å². The van der Waals surface area contributed by atoms with Crippen LogP contribution in [0.1, 0.15) is 6.42 Å². The third-order valence-electron chi connectivity index (χ3n) is 2.66. The van der Waals surface area contributed by atoms with Crippen molar-refractivity contribution in [3.8, 4) is 5.75 Å². The van der Waals surface area contributed by atoms with Crippen molar-refractivity contribution >= 4 is 40.1 Å². The molecule has 8 heteroatoms. The Kier molecular flexibility index (Phi) is 8.42. The Morgan fingerprint density at radius 1 is 1.12 bits per heavy atom. The van der Waals surface area contributed by atoms with Crippen LogP contribution in [0, 0.1) is 5.92 Å². The molecule has 128 valence electrons. The van der Waals surface area contributed by atoms with Crippen molar-refractivity contribution in [2.75, 3.05) is 13.7 Å². The third-order valence-corrected chi connectivity index (χ3v) is 3.19. The summed E-state index contributed by atoms with van der Waals surface area (Å²) in [6.07, 6.45) is 2.02. The Morgan fingerprint density at radius 2 is 1.75 bits per heavy atom. The monoisotopic (exact) mass is 398 g/mol. The SMILES string of the molecule is COC(=O)/C=C\C(=O)OCC(C=O)CC(=O)Oc1ccc(Br)cc1. The van der Waals surface area contributed by atoms with Crippen molar-refractivity contribution < 1.29 is 33.4 Å². The largest absolute Gasteiger partial charge is 0.466 e. The number of hydrogen-bond acceptors (Lipinski definition) is 7. The summed E-state index contributed by atoms with van der Waals surface area (Å²) in [6, 6.07) is 6.59. The minimum Gasteiger partial charge on any atom is -0.466 e. The molecule has 0 radical (unpaired) electrons. The molecule has 0 bridgehead atoms. The molecule has 0 amide bonds. The van der Waals surface area contributed by atoms with E-state index in [1.54, 1.807) is 24.3 Å². The van der Waals surface area contributed by atoms with Gasteiger partial charge in [-0.05, 0) is 24.3 Å². The second-order valence-electron chi connectivity index (χ2n) is 4.51. The van der Waals surface area contributed by atoms with Crippen LogP contribution in [-0.4, -0.2) is 37.9 Å². The highest BCUT2D eigenvalue weighted by Crippen LogP contribution is 2.17. The fourth-order valence-electron chi connectivity index (χ4n) is 1.48. The summed E-state index contributed by atoms with van der Waals surface area (Å²) >= 11 is 3.25. The first-order valence-corrected chi connectivity index (χ1v) is 7.58. The highest BCUT2D eigenvalue weighted by molar-refractivity contribution is 9.10. The maximum Gasteiger partial charge on any atom is 0.331 e. The molecule has 0 spiro atoms. The van der Waals surface area contributed by atoms with Crippen LogP contribution >= 0.6 is 15.9 Å². The lowest BCUT2D eigenvalue weighted by molar-refractivity contribution is -0.144. The first-order chi connectivity index (χ1) is 11.4. The van der Waals surface area contributed by atoms with Crippen molar-refractivity contribution in [2.24, 2.45) is 5.92 Å². The van der Waals surface area contributed by atoms with E-state index < -0.39 is 23.8 Å². The molecule has 1 unspecified atom stereocenters. The molecule has 7 nitrogen and oxygen atoms in total. The van der Waals surface area contributed by atoms with Crippen molar-refractivity contribution in [3.63, 3.8) is 0 Å². The molecule has 0 N–H and O–H groups in total.